The van der Waals surface area contributed by atoms with Crippen molar-refractivity contribution in [1.29, 1.82) is 0 Å². The summed E-state index contributed by atoms with van der Waals surface area (Å²) >= 11 is 0. The largest absolute Gasteiger partial charge is 0.508 e. The Balaban J connectivity index is 2.04. The fourth-order valence-electron chi connectivity index (χ4n) is 2.00. The summed E-state index contributed by atoms with van der Waals surface area (Å²) in [4.78, 5) is 0. The Hall–Kier alpha value is -2.00. The van der Waals surface area contributed by atoms with Gasteiger partial charge in [0.05, 0.1) is 12.7 Å². The standard InChI is InChI=1S/C17H20O3/c1-2-10-20-16-5-3-4-14(12-16)17(19)11-13-6-8-15(18)9-7-13/h3-9,12,17-19H,2,10-11H2,1H3. The molecule has 0 amide bonds. The van der Waals surface area contributed by atoms with Crippen LogP contribution in [0.1, 0.15) is 30.6 Å². The van der Waals surface area contributed by atoms with Crippen LogP contribution in [-0.2, 0) is 6.42 Å². The first-order valence-corrected chi connectivity index (χ1v) is 6.87. The second kappa shape index (κ2) is 6.96. The van der Waals surface area contributed by atoms with Gasteiger partial charge in [0.2, 0.25) is 0 Å². The maximum absolute atomic E-state index is 10.3. The van der Waals surface area contributed by atoms with Gasteiger partial charge in [-0.3, -0.25) is 0 Å². The topological polar surface area (TPSA) is 49.7 Å². The van der Waals surface area contributed by atoms with Crippen molar-refractivity contribution in [1.82, 2.24) is 0 Å². The lowest BCUT2D eigenvalue weighted by molar-refractivity contribution is 0.178. The van der Waals surface area contributed by atoms with Crippen molar-refractivity contribution >= 4 is 0 Å². The summed E-state index contributed by atoms with van der Waals surface area (Å²) in [5.74, 6) is 1.02. The number of phenols is 1. The minimum atomic E-state index is -0.579. The molecule has 3 heteroatoms. The molecule has 106 valence electrons. The molecule has 0 radical (unpaired) electrons. The lowest BCUT2D eigenvalue weighted by Gasteiger charge is -2.13. The van der Waals surface area contributed by atoms with Gasteiger partial charge in [0.1, 0.15) is 11.5 Å². The molecule has 0 heterocycles. The van der Waals surface area contributed by atoms with E-state index < -0.39 is 6.10 Å². The second-order valence-electron chi connectivity index (χ2n) is 4.81. The highest BCUT2D eigenvalue weighted by atomic mass is 16.5. The van der Waals surface area contributed by atoms with Crippen LogP contribution in [0.5, 0.6) is 11.5 Å². The van der Waals surface area contributed by atoms with Crippen LogP contribution in [0.4, 0.5) is 0 Å². The molecule has 0 aromatic heterocycles. The molecular weight excluding hydrogens is 252 g/mol. The number of benzene rings is 2. The van der Waals surface area contributed by atoms with E-state index in [1.54, 1.807) is 12.1 Å². The fraction of sp³-hybridized carbons (Fsp3) is 0.294. The average Bonchev–Trinajstić information content (AvgIpc) is 2.48. The molecule has 0 aliphatic carbocycles. The predicted octanol–water partition coefficient (Wildman–Crippen LogP) is 3.46. The molecule has 0 saturated carbocycles. The van der Waals surface area contributed by atoms with E-state index in [4.69, 9.17) is 4.74 Å². The van der Waals surface area contributed by atoms with Crippen molar-refractivity contribution in [3.8, 4) is 11.5 Å². The number of aromatic hydroxyl groups is 1. The minimum Gasteiger partial charge on any atom is -0.508 e. The quantitative estimate of drug-likeness (QED) is 0.846. The molecule has 0 aliphatic heterocycles. The van der Waals surface area contributed by atoms with Gasteiger partial charge in [-0.2, -0.15) is 0 Å². The number of phenolic OH excluding ortho intramolecular Hbond substituents is 1. The Labute approximate surface area is 119 Å². The van der Waals surface area contributed by atoms with Crippen LogP contribution in [0.15, 0.2) is 48.5 Å². The van der Waals surface area contributed by atoms with Crippen molar-refractivity contribution in [3.63, 3.8) is 0 Å². The summed E-state index contributed by atoms with van der Waals surface area (Å²) in [5.41, 5.74) is 1.82. The van der Waals surface area contributed by atoms with Crippen molar-refractivity contribution in [3.05, 3.63) is 59.7 Å². The summed E-state index contributed by atoms with van der Waals surface area (Å²) in [6, 6.07) is 14.4. The molecule has 0 bridgehead atoms. The predicted molar refractivity (Wildman–Crippen MR) is 79.0 cm³/mol. The van der Waals surface area contributed by atoms with Crippen molar-refractivity contribution in [2.75, 3.05) is 6.61 Å². The van der Waals surface area contributed by atoms with E-state index in [1.165, 1.54) is 0 Å². The number of hydrogen-bond donors (Lipinski definition) is 2. The number of aliphatic hydroxyl groups is 1. The number of hydrogen-bond acceptors (Lipinski definition) is 3. The van der Waals surface area contributed by atoms with Crippen molar-refractivity contribution < 1.29 is 14.9 Å². The van der Waals surface area contributed by atoms with Crippen LogP contribution in [0.3, 0.4) is 0 Å². The van der Waals surface area contributed by atoms with E-state index in [9.17, 15) is 10.2 Å². The van der Waals surface area contributed by atoms with Crippen LogP contribution in [-0.4, -0.2) is 16.8 Å². The van der Waals surface area contributed by atoms with Gasteiger partial charge in [-0.05, 0) is 41.8 Å². The van der Waals surface area contributed by atoms with E-state index in [0.29, 0.717) is 13.0 Å². The zero-order valence-corrected chi connectivity index (χ0v) is 11.6. The van der Waals surface area contributed by atoms with Gasteiger partial charge >= 0.3 is 0 Å². The van der Waals surface area contributed by atoms with Crippen LogP contribution >= 0.6 is 0 Å². The molecule has 2 aromatic carbocycles. The van der Waals surface area contributed by atoms with Gasteiger partial charge in [-0.25, -0.2) is 0 Å². The third kappa shape index (κ3) is 4.00. The minimum absolute atomic E-state index is 0.234. The molecule has 0 saturated heterocycles. The third-order valence-corrected chi connectivity index (χ3v) is 3.08. The number of ether oxygens (including phenoxy) is 1. The van der Waals surface area contributed by atoms with Crippen LogP contribution < -0.4 is 4.74 Å². The van der Waals surface area contributed by atoms with Crippen LogP contribution in [0.2, 0.25) is 0 Å². The third-order valence-electron chi connectivity index (χ3n) is 3.08. The van der Waals surface area contributed by atoms with Crippen molar-refractivity contribution in [2.24, 2.45) is 0 Å². The molecule has 2 N–H and O–H groups in total. The van der Waals surface area contributed by atoms with E-state index in [-0.39, 0.29) is 5.75 Å². The molecule has 1 unspecified atom stereocenters. The molecule has 2 rings (SSSR count). The highest BCUT2D eigenvalue weighted by molar-refractivity contribution is 5.32. The lowest BCUT2D eigenvalue weighted by Crippen LogP contribution is -2.03. The SMILES string of the molecule is CCCOc1cccc(C(O)Cc2ccc(O)cc2)c1. The first kappa shape index (κ1) is 14.4. The molecule has 0 fully saturated rings. The highest BCUT2D eigenvalue weighted by Crippen LogP contribution is 2.23. The first-order valence-electron chi connectivity index (χ1n) is 6.87. The Bertz CT molecular complexity index is 534. The highest BCUT2D eigenvalue weighted by Gasteiger charge is 2.09. The van der Waals surface area contributed by atoms with E-state index in [0.717, 1.165) is 23.3 Å². The van der Waals surface area contributed by atoms with E-state index in [1.807, 2.05) is 36.4 Å². The Morgan fingerprint density at radius 2 is 1.85 bits per heavy atom. The zero-order valence-electron chi connectivity index (χ0n) is 11.6. The lowest BCUT2D eigenvalue weighted by atomic mass is 10.0. The first-order chi connectivity index (χ1) is 9.69. The maximum Gasteiger partial charge on any atom is 0.119 e. The summed E-state index contributed by atoms with van der Waals surface area (Å²) < 4.78 is 5.57. The Morgan fingerprint density at radius 1 is 1.10 bits per heavy atom. The van der Waals surface area contributed by atoms with Gasteiger partial charge in [-0.1, -0.05) is 31.2 Å². The van der Waals surface area contributed by atoms with Gasteiger partial charge in [0.25, 0.3) is 0 Å². The fourth-order valence-corrected chi connectivity index (χ4v) is 2.00. The van der Waals surface area contributed by atoms with Crippen molar-refractivity contribution in [2.45, 2.75) is 25.9 Å². The summed E-state index contributed by atoms with van der Waals surface area (Å²) in [7, 11) is 0. The van der Waals surface area contributed by atoms with E-state index >= 15 is 0 Å². The Morgan fingerprint density at radius 3 is 2.55 bits per heavy atom. The van der Waals surface area contributed by atoms with Crippen LogP contribution in [0.25, 0.3) is 0 Å². The maximum atomic E-state index is 10.3. The van der Waals surface area contributed by atoms with Gasteiger partial charge in [0, 0.05) is 6.42 Å². The zero-order chi connectivity index (χ0) is 14.4. The van der Waals surface area contributed by atoms with Crippen LogP contribution in [0, 0.1) is 0 Å². The monoisotopic (exact) mass is 272 g/mol. The van der Waals surface area contributed by atoms with E-state index in [2.05, 4.69) is 6.92 Å². The average molecular weight is 272 g/mol. The molecule has 1 atom stereocenters. The van der Waals surface area contributed by atoms with Gasteiger partial charge in [0.15, 0.2) is 0 Å². The normalized spacial score (nSPS) is 12.1. The summed E-state index contributed by atoms with van der Waals surface area (Å²) in [6.45, 7) is 2.74. The Kier molecular flexibility index (Phi) is 5.02. The number of aliphatic hydroxyl groups excluding tert-OH is 1. The number of rotatable bonds is 6. The second-order valence-corrected chi connectivity index (χ2v) is 4.81. The molecule has 0 aliphatic rings. The van der Waals surface area contributed by atoms with Gasteiger partial charge in [-0.15, -0.1) is 0 Å². The van der Waals surface area contributed by atoms with Gasteiger partial charge < -0.3 is 14.9 Å². The molecule has 2 aromatic rings. The molecule has 3 nitrogen and oxygen atoms in total. The summed E-state index contributed by atoms with van der Waals surface area (Å²) in [6.07, 6.45) is 0.891. The molecule has 20 heavy (non-hydrogen) atoms. The smallest absolute Gasteiger partial charge is 0.119 e. The molecule has 0 spiro atoms. The molecular formula is C17H20O3. The summed E-state index contributed by atoms with van der Waals surface area (Å²) in [5, 5.41) is 19.5.